The van der Waals surface area contributed by atoms with Crippen LogP contribution < -0.4 is 5.32 Å². The number of carbonyl (C=O) groups excluding carboxylic acids is 1. The van der Waals surface area contributed by atoms with E-state index < -0.39 is 5.60 Å². The van der Waals surface area contributed by atoms with Gasteiger partial charge in [-0.25, -0.2) is 9.18 Å². The molecule has 1 aliphatic heterocycles. The molecule has 5 nitrogen and oxygen atoms in total. The molecule has 2 fully saturated rings. The molecule has 1 aromatic rings. The minimum Gasteiger partial charge on any atom is -0.444 e. The molecule has 162 valence electrons. The molecule has 0 unspecified atom stereocenters. The van der Waals surface area contributed by atoms with Gasteiger partial charge in [-0.1, -0.05) is 12.5 Å². The van der Waals surface area contributed by atoms with Crippen molar-refractivity contribution in [3.8, 4) is 0 Å². The Hall–Kier alpha value is -1.66. The summed E-state index contributed by atoms with van der Waals surface area (Å²) in [6, 6.07) is 5.81. The highest BCUT2D eigenvalue weighted by atomic mass is 19.1. The highest BCUT2D eigenvalue weighted by molar-refractivity contribution is 5.69. The molecule has 1 N–H and O–H groups in total. The van der Waals surface area contributed by atoms with Crippen LogP contribution in [-0.4, -0.2) is 42.3 Å². The number of methoxy groups -OCH3 is 1. The van der Waals surface area contributed by atoms with Gasteiger partial charge in [0, 0.05) is 37.8 Å². The lowest BCUT2D eigenvalue weighted by molar-refractivity contribution is 0.0166. The molecule has 1 aliphatic carbocycles. The van der Waals surface area contributed by atoms with Gasteiger partial charge >= 0.3 is 6.09 Å². The first kappa shape index (κ1) is 22.0. The summed E-state index contributed by atoms with van der Waals surface area (Å²) in [6.45, 7) is 7.49. The van der Waals surface area contributed by atoms with Crippen LogP contribution in [-0.2, 0) is 22.6 Å². The summed E-state index contributed by atoms with van der Waals surface area (Å²) in [6.07, 6.45) is 5.28. The first-order valence-electron chi connectivity index (χ1n) is 10.8. The molecule has 0 spiro atoms. The number of nitrogens with one attached hydrogen (secondary N) is 1. The Morgan fingerprint density at radius 2 is 2.03 bits per heavy atom. The van der Waals surface area contributed by atoms with Crippen LogP contribution in [0, 0.1) is 11.7 Å². The number of carbonyl (C=O) groups is 1. The molecule has 0 aromatic heterocycles. The molecule has 0 radical (unpaired) electrons. The molecule has 1 heterocycles. The number of hydrogen-bond donors (Lipinski definition) is 1. The molecule has 2 aliphatic rings. The molecule has 1 saturated carbocycles. The van der Waals surface area contributed by atoms with Crippen LogP contribution in [0.2, 0.25) is 0 Å². The van der Waals surface area contributed by atoms with Crippen LogP contribution >= 0.6 is 0 Å². The van der Waals surface area contributed by atoms with Crippen LogP contribution in [0.4, 0.5) is 9.18 Å². The summed E-state index contributed by atoms with van der Waals surface area (Å²) >= 11 is 0. The van der Waals surface area contributed by atoms with Crippen molar-refractivity contribution >= 4 is 6.09 Å². The number of benzene rings is 1. The second kappa shape index (κ2) is 9.43. The lowest BCUT2D eigenvalue weighted by atomic mass is 9.92. The standard InChI is InChI=1S/C23H35FN2O3/c1-23(2,3)29-22(27)26-12-6-9-21(26)18-7-5-8-20(18)25-14-16-10-11-19(24)17(13-16)15-28-4/h10-11,13,18,20-21,25H,5-9,12,14-15H2,1-4H3/t18-,20-,21+/m1/s1. The van der Waals surface area contributed by atoms with Gasteiger partial charge < -0.3 is 19.7 Å². The fourth-order valence-electron chi connectivity index (χ4n) is 4.74. The van der Waals surface area contributed by atoms with Gasteiger partial charge in [-0.2, -0.15) is 0 Å². The van der Waals surface area contributed by atoms with E-state index in [9.17, 15) is 9.18 Å². The third kappa shape index (κ3) is 5.70. The normalized spacial score (nSPS) is 24.9. The topological polar surface area (TPSA) is 50.8 Å². The number of likely N-dealkylation sites (tertiary alicyclic amines) is 1. The first-order chi connectivity index (χ1) is 13.8. The zero-order valence-corrected chi connectivity index (χ0v) is 18.2. The molecule has 6 heteroatoms. The second-order valence-corrected chi connectivity index (χ2v) is 9.32. The average Bonchev–Trinajstić information content (AvgIpc) is 3.29. The van der Waals surface area contributed by atoms with E-state index in [1.54, 1.807) is 7.11 Å². The summed E-state index contributed by atoms with van der Waals surface area (Å²) in [7, 11) is 1.57. The molecule has 0 bridgehead atoms. The van der Waals surface area contributed by atoms with E-state index >= 15 is 0 Å². The average molecular weight is 407 g/mol. The Balaban J connectivity index is 1.62. The summed E-state index contributed by atoms with van der Waals surface area (Å²) < 4.78 is 24.6. The molecule has 3 rings (SSSR count). The number of nitrogens with zero attached hydrogens (tertiary/aromatic N) is 1. The van der Waals surface area contributed by atoms with Gasteiger partial charge in [0.2, 0.25) is 0 Å². The third-order valence-electron chi connectivity index (χ3n) is 5.97. The van der Waals surface area contributed by atoms with Crippen LogP contribution in [0.5, 0.6) is 0 Å². The van der Waals surface area contributed by atoms with Crippen molar-refractivity contribution in [2.45, 2.75) is 83.7 Å². The lowest BCUT2D eigenvalue weighted by Crippen LogP contribution is -2.47. The largest absolute Gasteiger partial charge is 0.444 e. The second-order valence-electron chi connectivity index (χ2n) is 9.32. The smallest absolute Gasteiger partial charge is 0.410 e. The van der Waals surface area contributed by atoms with Gasteiger partial charge in [0.05, 0.1) is 6.61 Å². The Bertz CT molecular complexity index is 704. The number of ether oxygens (including phenoxy) is 2. The predicted octanol–water partition coefficient (Wildman–Crippen LogP) is 4.63. The number of rotatable bonds is 6. The van der Waals surface area contributed by atoms with Gasteiger partial charge in [-0.3, -0.25) is 0 Å². The Labute approximate surface area is 173 Å². The fraction of sp³-hybridized carbons (Fsp3) is 0.696. The molecular formula is C23H35FN2O3. The van der Waals surface area contributed by atoms with E-state index in [1.165, 1.54) is 12.5 Å². The summed E-state index contributed by atoms with van der Waals surface area (Å²) in [5.74, 6) is 0.206. The van der Waals surface area contributed by atoms with Crippen molar-refractivity contribution in [3.05, 3.63) is 35.1 Å². The van der Waals surface area contributed by atoms with Crippen molar-refractivity contribution in [2.75, 3.05) is 13.7 Å². The van der Waals surface area contributed by atoms with Crippen molar-refractivity contribution in [1.29, 1.82) is 0 Å². The molecule has 29 heavy (non-hydrogen) atoms. The summed E-state index contributed by atoms with van der Waals surface area (Å²) in [5.41, 5.74) is 1.17. The lowest BCUT2D eigenvalue weighted by Gasteiger charge is -2.34. The van der Waals surface area contributed by atoms with Crippen LogP contribution in [0.25, 0.3) is 0 Å². The van der Waals surface area contributed by atoms with Gasteiger partial charge in [-0.05, 0) is 70.1 Å². The fourth-order valence-corrected chi connectivity index (χ4v) is 4.74. The van der Waals surface area contributed by atoms with E-state index in [-0.39, 0.29) is 24.6 Å². The van der Waals surface area contributed by atoms with Crippen molar-refractivity contribution in [2.24, 2.45) is 5.92 Å². The van der Waals surface area contributed by atoms with Crippen LogP contribution in [0.1, 0.15) is 64.0 Å². The van der Waals surface area contributed by atoms with E-state index in [0.29, 0.717) is 24.1 Å². The van der Waals surface area contributed by atoms with Crippen LogP contribution in [0.15, 0.2) is 18.2 Å². The van der Waals surface area contributed by atoms with Gasteiger partial charge in [-0.15, -0.1) is 0 Å². The maximum absolute atomic E-state index is 13.9. The maximum atomic E-state index is 13.9. The summed E-state index contributed by atoms with van der Waals surface area (Å²) in [4.78, 5) is 14.6. The molecule has 1 aromatic carbocycles. The van der Waals surface area contributed by atoms with E-state index in [2.05, 4.69) is 5.32 Å². The number of halogens is 1. The quantitative estimate of drug-likeness (QED) is 0.748. The van der Waals surface area contributed by atoms with Crippen molar-refractivity contribution in [3.63, 3.8) is 0 Å². The number of hydrogen-bond acceptors (Lipinski definition) is 4. The van der Waals surface area contributed by atoms with Crippen molar-refractivity contribution < 1.29 is 18.7 Å². The molecule has 1 saturated heterocycles. The van der Waals surface area contributed by atoms with Crippen LogP contribution in [0.3, 0.4) is 0 Å². The summed E-state index contributed by atoms with van der Waals surface area (Å²) in [5, 5.41) is 3.68. The highest BCUT2D eigenvalue weighted by Gasteiger charge is 2.41. The Kier molecular flexibility index (Phi) is 7.17. The maximum Gasteiger partial charge on any atom is 0.410 e. The van der Waals surface area contributed by atoms with E-state index in [1.807, 2.05) is 37.8 Å². The van der Waals surface area contributed by atoms with E-state index in [0.717, 1.165) is 37.8 Å². The number of amides is 1. The zero-order valence-electron chi connectivity index (χ0n) is 18.2. The Morgan fingerprint density at radius 1 is 1.24 bits per heavy atom. The molecular weight excluding hydrogens is 371 g/mol. The first-order valence-corrected chi connectivity index (χ1v) is 10.8. The van der Waals surface area contributed by atoms with Crippen molar-refractivity contribution in [1.82, 2.24) is 10.2 Å². The minimum absolute atomic E-state index is 0.187. The van der Waals surface area contributed by atoms with E-state index in [4.69, 9.17) is 9.47 Å². The zero-order chi connectivity index (χ0) is 21.0. The SMILES string of the molecule is COCc1cc(CN[C@@H]2CCC[C@H]2[C@@H]2CCCN2C(=O)OC(C)(C)C)ccc1F. The highest BCUT2D eigenvalue weighted by Crippen LogP contribution is 2.36. The molecule has 3 atom stereocenters. The minimum atomic E-state index is -0.472. The predicted molar refractivity (Wildman–Crippen MR) is 111 cm³/mol. The Morgan fingerprint density at radius 3 is 2.76 bits per heavy atom. The van der Waals surface area contributed by atoms with Gasteiger partial charge in [0.15, 0.2) is 0 Å². The third-order valence-corrected chi connectivity index (χ3v) is 5.97. The van der Waals surface area contributed by atoms with Gasteiger partial charge in [0.1, 0.15) is 11.4 Å². The van der Waals surface area contributed by atoms with Gasteiger partial charge in [0.25, 0.3) is 0 Å². The molecule has 1 amide bonds. The monoisotopic (exact) mass is 406 g/mol.